The Morgan fingerprint density at radius 2 is 2.36 bits per heavy atom. The van der Waals surface area contributed by atoms with Crippen molar-refractivity contribution in [2.45, 2.75) is 36.5 Å². The molecule has 0 radical (unpaired) electrons. The van der Waals surface area contributed by atoms with Crippen LogP contribution in [0.1, 0.15) is 46.3 Å². The summed E-state index contributed by atoms with van der Waals surface area (Å²) in [7, 11) is 0. The minimum atomic E-state index is -0.191. The van der Waals surface area contributed by atoms with Crippen LogP contribution in [0, 0.1) is 6.92 Å². The maximum atomic E-state index is 12.6. The number of aryl methyl sites for hydroxylation is 1. The minimum absolute atomic E-state index is 0.191. The normalized spacial score (nSPS) is 13.8. The Morgan fingerprint density at radius 3 is 3.12 bits per heavy atom. The van der Waals surface area contributed by atoms with Crippen molar-refractivity contribution in [2.75, 3.05) is 5.32 Å². The number of carbonyl (C=O) groups is 1. The molecule has 25 heavy (non-hydrogen) atoms. The lowest BCUT2D eigenvalue weighted by atomic mass is 10.3. The van der Waals surface area contributed by atoms with Crippen molar-refractivity contribution in [1.29, 1.82) is 0 Å². The monoisotopic (exact) mass is 372 g/mol. The zero-order valence-electron chi connectivity index (χ0n) is 13.6. The number of aromatic nitrogens is 3. The largest absolute Gasteiger partial charge is 0.361 e. The second-order valence-electron chi connectivity index (χ2n) is 5.88. The number of thiazole rings is 1. The molecule has 128 valence electrons. The molecule has 1 aliphatic rings. The maximum Gasteiger partial charge on any atom is 0.260 e. The Hall–Kier alpha value is -2.19. The van der Waals surface area contributed by atoms with Gasteiger partial charge in [0.05, 0.1) is 17.0 Å². The Bertz CT molecular complexity index is 901. The number of hydrogen-bond acceptors (Lipinski definition) is 7. The second-order valence-corrected chi connectivity index (χ2v) is 7.70. The average molecular weight is 372 g/mol. The van der Waals surface area contributed by atoms with Gasteiger partial charge in [0.2, 0.25) is 0 Å². The highest BCUT2D eigenvalue weighted by atomic mass is 32.2. The molecule has 3 aromatic rings. The van der Waals surface area contributed by atoms with Crippen LogP contribution in [0.5, 0.6) is 0 Å². The first-order chi connectivity index (χ1) is 12.2. The molecule has 0 atom stereocenters. The zero-order chi connectivity index (χ0) is 17.2. The van der Waals surface area contributed by atoms with Gasteiger partial charge in [0.15, 0.2) is 5.13 Å². The van der Waals surface area contributed by atoms with Gasteiger partial charge in [-0.25, -0.2) is 9.97 Å². The molecule has 0 spiro atoms. The van der Waals surface area contributed by atoms with Crippen molar-refractivity contribution in [2.24, 2.45) is 0 Å². The lowest BCUT2D eigenvalue weighted by Gasteiger charge is -2.06. The topological polar surface area (TPSA) is 80.9 Å². The van der Waals surface area contributed by atoms with Crippen LogP contribution in [0.3, 0.4) is 0 Å². The average Bonchev–Trinajstić information content (AvgIpc) is 3.23. The standard InChI is InChI=1S/C17H16N4O2S2/c1-10-7-12(21-23-10)8-24-16-13(3-2-6-18-16)15(22)20-17-19-14(9-25-17)11-4-5-11/h2-3,6-7,9,11H,4-5,8H2,1H3,(H,19,20,22). The highest BCUT2D eigenvalue weighted by Gasteiger charge is 2.26. The fraction of sp³-hybridized carbons (Fsp3) is 0.294. The molecule has 3 aromatic heterocycles. The van der Waals surface area contributed by atoms with Crippen LogP contribution in [0.4, 0.5) is 5.13 Å². The van der Waals surface area contributed by atoms with Crippen molar-refractivity contribution in [3.8, 4) is 0 Å². The summed E-state index contributed by atoms with van der Waals surface area (Å²) in [4.78, 5) is 21.4. The van der Waals surface area contributed by atoms with E-state index in [1.165, 1.54) is 35.9 Å². The van der Waals surface area contributed by atoms with Crippen LogP contribution in [-0.4, -0.2) is 21.0 Å². The number of amides is 1. The molecule has 0 bridgehead atoms. The highest BCUT2D eigenvalue weighted by molar-refractivity contribution is 7.98. The van der Waals surface area contributed by atoms with E-state index in [-0.39, 0.29) is 5.91 Å². The van der Waals surface area contributed by atoms with E-state index in [2.05, 4.69) is 20.4 Å². The van der Waals surface area contributed by atoms with Gasteiger partial charge in [-0.3, -0.25) is 10.1 Å². The maximum absolute atomic E-state index is 12.6. The summed E-state index contributed by atoms with van der Waals surface area (Å²) in [6.07, 6.45) is 4.08. The van der Waals surface area contributed by atoms with Gasteiger partial charge in [-0.05, 0) is 31.9 Å². The first-order valence-electron chi connectivity index (χ1n) is 7.96. The third-order valence-electron chi connectivity index (χ3n) is 3.79. The molecule has 1 N–H and O–H groups in total. The van der Waals surface area contributed by atoms with E-state index in [4.69, 9.17) is 4.52 Å². The van der Waals surface area contributed by atoms with Crippen LogP contribution in [0.15, 0.2) is 39.3 Å². The number of nitrogens with zero attached hydrogens (tertiary/aromatic N) is 3. The predicted molar refractivity (Wildman–Crippen MR) is 97.1 cm³/mol. The van der Waals surface area contributed by atoms with Gasteiger partial charge >= 0.3 is 0 Å². The number of carbonyl (C=O) groups excluding carboxylic acids is 1. The van der Waals surface area contributed by atoms with E-state index in [1.54, 1.807) is 18.3 Å². The molecule has 0 unspecified atom stereocenters. The van der Waals surface area contributed by atoms with Crippen LogP contribution in [0.25, 0.3) is 0 Å². The molecule has 1 amide bonds. The van der Waals surface area contributed by atoms with Crippen LogP contribution in [-0.2, 0) is 5.75 Å². The van der Waals surface area contributed by atoms with Gasteiger partial charge in [0.25, 0.3) is 5.91 Å². The smallest absolute Gasteiger partial charge is 0.260 e. The number of anilines is 1. The molecule has 0 saturated heterocycles. The lowest BCUT2D eigenvalue weighted by Crippen LogP contribution is -2.13. The van der Waals surface area contributed by atoms with Gasteiger partial charge in [0.1, 0.15) is 10.8 Å². The van der Waals surface area contributed by atoms with Gasteiger partial charge in [-0.2, -0.15) is 0 Å². The molecule has 1 fully saturated rings. The van der Waals surface area contributed by atoms with E-state index in [0.717, 1.165) is 17.1 Å². The van der Waals surface area contributed by atoms with E-state index in [0.29, 0.717) is 27.4 Å². The van der Waals surface area contributed by atoms with Crippen molar-refractivity contribution >= 4 is 34.1 Å². The van der Waals surface area contributed by atoms with E-state index >= 15 is 0 Å². The predicted octanol–water partition coefficient (Wildman–Crippen LogP) is 4.26. The molecule has 3 heterocycles. The van der Waals surface area contributed by atoms with Crippen LogP contribution < -0.4 is 5.32 Å². The third-order valence-corrected chi connectivity index (χ3v) is 5.60. The van der Waals surface area contributed by atoms with Gasteiger partial charge in [-0.1, -0.05) is 16.9 Å². The molecule has 6 nitrogen and oxygen atoms in total. The first kappa shape index (κ1) is 16.3. The molecule has 1 saturated carbocycles. The molecule has 0 aliphatic heterocycles. The minimum Gasteiger partial charge on any atom is -0.361 e. The fourth-order valence-corrected chi connectivity index (χ4v) is 4.04. The Kier molecular flexibility index (Phi) is 4.54. The fourth-order valence-electron chi connectivity index (χ4n) is 2.38. The van der Waals surface area contributed by atoms with Crippen molar-refractivity contribution in [1.82, 2.24) is 15.1 Å². The van der Waals surface area contributed by atoms with Gasteiger partial charge in [0, 0.05) is 29.3 Å². The van der Waals surface area contributed by atoms with E-state index < -0.39 is 0 Å². The number of thioether (sulfide) groups is 1. The summed E-state index contributed by atoms with van der Waals surface area (Å²) >= 11 is 2.93. The Morgan fingerprint density at radius 1 is 1.48 bits per heavy atom. The van der Waals surface area contributed by atoms with E-state index in [1.807, 2.05) is 18.4 Å². The van der Waals surface area contributed by atoms with Crippen LogP contribution in [0.2, 0.25) is 0 Å². The third kappa shape index (κ3) is 3.91. The summed E-state index contributed by atoms with van der Waals surface area (Å²) in [5.74, 6) is 1.75. The molecule has 4 rings (SSSR count). The highest BCUT2D eigenvalue weighted by Crippen LogP contribution is 2.41. The summed E-state index contributed by atoms with van der Waals surface area (Å²) in [5.41, 5.74) is 2.45. The summed E-state index contributed by atoms with van der Waals surface area (Å²) < 4.78 is 5.07. The van der Waals surface area contributed by atoms with Crippen molar-refractivity contribution in [3.63, 3.8) is 0 Å². The molecule has 0 aromatic carbocycles. The number of rotatable bonds is 6. The Labute approximate surface area is 153 Å². The number of hydrogen-bond donors (Lipinski definition) is 1. The molecule has 8 heteroatoms. The Balaban J connectivity index is 1.45. The van der Waals surface area contributed by atoms with E-state index in [9.17, 15) is 4.79 Å². The summed E-state index contributed by atoms with van der Waals surface area (Å²) in [6.45, 7) is 1.85. The second kappa shape index (κ2) is 6.97. The zero-order valence-corrected chi connectivity index (χ0v) is 15.2. The molecular weight excluding hydrogens is 356 g/mol. The summed E-state index contributed by atoms with van der Waals surface area (Å²) in [6, 6.07) is 5.41. The van der Waals surface area contributed by atoms with Gasteiger partial charge < -0.3 is 4.52 Å². The quantitative estimate of drug-likeness (QED) is 0.651. The van der Waals surface area contributed by atoms with Crippen molar-refractivity contribution in [3.05, 3.63) is 52.5 Å². The summed E-state index contributed by atoms with van der Waals surface area (Å²) in [5, 5.41) is 10.2. The SMILES string of the molecule is Cc1cc(CSc2ncccc2C(=O)Nc2nc(C3CC3)cs2)no1. The number of nitrogens with one attached hydrogen (secondary N) is 1. The van der Waals surface area contributed by atoms with Crippen LogP contribution >= 0.6 is 23.1 Å². The molecular formula is C17H16N4O2S2. The lowest BCUT2D eigenvalue weighted by molar-refractivity contribution is 0.102. The van der Waals surface area contributed by atoms with Gasteiger partial charge in [-0.15, -0.1) is 11.3 Å². The first-order valence-corrected chi connectivity index (χ1v) is 9.82. The van der Waals surface area contributed by atoms with Crippen molar-refractivity contribution < 1.29 is 9.32 Å². The number of pyridine rings is 1. The molecule has 1 aliphatic carbocycles.